The summed E-state index contributed by atoms with van der Waals surface area (Å²) in [6.45, 7) is 0.171. The van der Waals surface area contributed by atoms with Gasteiger partial charge in [0.2, 0.25) is 0 Å². The zero-order valence-corrected chi connectivity index (χ0v) is 7.56. The van der Waals surface area contributed by atoms with Gasteiger partial charge in [0.25, 0.3) is 0 Å². The van der Waals surface area contributed by atoms with Crippen LogP contribution in [0, 0.1) is 0 Å². The van der Waals surface area contributed by atoms with Gasteiger partial charge in [0.1, 0.15) is 7.85 Å². The normalized spacial score (nSPS) is 9.75. The van der Waals surface area contributed by atoms with Gasteiger partial charge in [0.05, 0.1) is 6.54 Å². The van der Waals surface area contributed by atoms with Crippen LogP contribution in [0.3, 0.4) is 0 Å². The predicted octanol–water partition coefficient (Wildman–Crippen LogP) is -0.129. The number of rotatable bonds is 3. The maximum Gasteiger partial charge on any atom is 0.177 e. The molecule has 1 N–H and O–H groups in total. The first-order chi connectivity index (χ1) is 5.74. The smallest absolute Gasteiger partial charge is 0.177 e. The predicted molar refractivity (Wildman–Crippen MR) is 52.8 cm³/mol. The summed E-state index contributed by atoms with van der Waals surface area (Å²) in [6, 6.07) is 7.40. The van der Waals surface area contributed by atoms with Gasteiger partial charge in [-0.3, -0.25) is 4.79 Å². The molecule has 0 amide bonds. The van der Waals surface area contributed by atoms with E-state index in [1.807, 2.05) is 20.0 Å². The van der Waals surface area contributed by atoms with Crippen molar-refractivity contribution in [1.29, 1.82) is 0 Å². The minimum absolute atomic E-state index is 0.00463. The first kappa shape index (κ1) is 9.29. The Bertz CT molecular complexity index is 273. The van der Waals surface area contributed by atoms with Gasteiger partial charge < -0.3 is 0 Å². The molecule has 0 saturated carbocycles. The fourth-order valence-electron chi connectivity index (χ4n) is 0.902. The molecule has 0 aliphatic rings. The highest BCUT2D eigenvalue weighted by Crippen LogP contribution is 1.97. The van der Waals surface area contributed by atoms with Gasteiger partial charge >= 0.3 is 0 Å². The summed E-state index contributed by atoms with van der Waals surface area (Å²) in [6.07, 6.45) is 0. The van der Waals surface area contributed by atoms with Gasteiger partial charge in [0, 0.05) is 5.56 Å². The van der Waals surface area contributed by atoms with Crippen molar-refractivity contribution in [1.82, 2.24) is 4.84 Å². The van der Waals surface area contributed by atoms with Crippen LogP contribution in [0.25, 0.3) is 0 Å². The Hall–Kier alpha value is -0.795. The SMILES string of the molecule is Bc1ccc(C(=O)CNCl)cc1. The molecule has 1 aromatic rings. The van der Waals surface area contributed by atoms with Crippen LogP contribution in [0.1, 0.15) is 10.4 Å². The molecule has 0 atom stereocenters. The van der Waals surface area contributed by atoms with Crippen LogP contribution in [0.5, 0.6) is 0 Å². The van der Waals surface area contributed by atoms with E-state index >= 15 is 0 Å². The van der Waals surface area contributed by atoms with Crippen molar-refractivity contribution in [3.8, 4) is 0 Å². The molecule has 12 heavy (non-hydrogen) atoms. The lowest BCUT2D eigenvalue weighted by molar-refractivity contribution is 0.0997. The van der Waals surface area contributed by atoms with Crippen molar-refractivity contribution in [3.63, 3.8) is 0 Å². The first-order valence-electron chi connectivity index (χ1n) is 3.67. The lowest BCUT2D eigenvalue weighted by Gasteiger charge is -1.98. The molecule has 0 aromatic heterocycles. The van der Waals surface area contributed by atoms with E-state index in [1.165, 1.54) is 0 Å². The van der Waals surface area contributed by atoms with Gasteiger partial charge in [-0.25, -0.2) is 4.84 Å². The highest BCUT2D eigenvalue weighted by Gasteiger charge is 2.02. The summed E-state index contributed by atoms with van der Waals surface area (Å²) in [5.74, 6) is 0.00463. The summed E-state index contributed by atoms with van der Waals surface area (Å²) in [5.41, 5.74) is 1.83. The number of hydrogen-bond donors (Lipinski definition) is 1. The van der Waals surface area contributed by atoms with E-state index < -0.39 is 0 Å². The van der Waals surface area contributed by atoms with E-state index in [0.29, 0.717) is 5.56 Å². The van der Waals surface area contributed by atoms with Crippen molar-refractivity contribution >= 4 is 30.9 Å². The van der Waals surface area contributed by atoms with Gasteiger partial charge in [-0.15, -0.1) is 0 Å². The molecular formula is C8H9BClNO. The lowest BCUT2D eigenvalue weighted by Crippen LogP contribution is -2.15. The number of nitrogens with one attached hydrogen (secondary N) is 1. The molecule has 0 fully saturated rings. The molecule has 0 saturated heterocycles. The summed E-state index contributed by atoms with van der Waals surface area (Å²) in [7, 11) is 1.98. The first-order valence-corrected chi connectivity index (χ1v) is 4.05. The van der Waals surface area contributed by atoms with Crippen molar-refractivity contribution in [3.05, 3.63) is 29.8 Å². The number of Topliss-reactive ketones (excluding diaryl/α,β-unsaturated/α-hetero) is 1. The van der Waals surface area contributed by atoms with Crippen LogP contribution in [0.4, 0.5) is 0 Å². The monoisotopic (exact) mass is 181 g/mol. The van der Waals surface area contributed by atoms with E-state index in [4.69, 9.17) is 11.8 Å². The second kappa shape index (κ2) is 4.29. The van der Waals surface area contributed by atoms with E-state index in [0.717, 1.165) is 5.46 Å². The third-order valence-electron chi connectivity index (χ3n) is 1.60. The molecule has 0 radical (unpaired) electrons. The van der Waals surface area contributed by atoms with Crippen molar-refractivity contribution in [2.75, 3.05) is 6.54 Å². The van der Waals surface area contributed by atoms with Crippen molar-refractivity contribution in [2.24, 2.45) is 0 Å². The molecule has 2 nitrogen and oxygen atoms in total. The lowest BCUT2D eigenvalue weighted by atomic mass is 9.95. The standard InChI is InChI=1S/C8H9BClNO/c9-7-3-1-6(2-4-7)8(12)5-11-10/h1-4,11H,5,9H2. The Kier molecular flexibility index (Phi) is 3.32. The quantitative estimate of drug-likeness (QED) is 0.400. The molecule has 0 unspecified atom stereocenters. The highest BCUT2D eigenvalue weighted by atomic mass is 35.5. The van der Waals surface area contributed by atoms with Crippen molar-refractivity contribution < 1.29 is 4.79 Å². The molecule has 0 spiro atoms. The van der Waals surface area contributed by atoms with Gasteiger partial charge in [0.15, 0.2) is 5.78 Å². The van der Waals surface area contributed by atoms with Crippen LogP contribution in [-0.2, 0) is 0 Å². The third-order valence-corrected chi connectivity index (χ3v) is 1.73. The average molecular weight is 181 g/mol. The Balaban J connectivity index is 2.75. The second-order valence-corrected chi connectivity index (χ2v) is 2.87. The van der Waals surface area contributed by atoms with Crippen LogP contribution < -0.4 is 10.3 Å². The molecule has 0 heterocycles. The molecule has 0 aliphatic carbocycles. The average Bonchev–Trinajstić information content (AvgIpc) is 2.06. The summed E-state index contributed by atoms with van der Waals surface area (Å²) in [4.78, 5) is 13.5. The summed E-state index contributed by atoms with van der Waals surface area (Å²) < 4.78 is 0. The Morgan fingerprint density at radius 3 is 2.50 bits per heavy atom. The zero-order chi connectivity index (χ0) is 8.97. The van der Waals surface area contributed by atoms with Gasteiger partial charge in [-0.05, 0) is 11.8 Å². The Labute approximate surface area is 77.4 Å². The molecule has 0 aliphatic heterocycles. The molecule has 1 aromatic carbocycles. The zero-order valence-electron chi connectivity index (χ0n) is 6.80. The van der Waals surface area contributed by atoms with Gasteiger partial charge in [-0.2, -0.15) is 0 Å². The number of hydrogen-bond acceptors (Lipinski definition) is 2. The van der Waals surface area contributed by atoms with Crippen LogP contribution in [0.15, 0.2) is 24.3 Å². The van der Waals surface area contributed by atoms with Crippen molar-refractivity contribution in [2.45, 2.75) is 0 Å². The molecule has 62 valence electrons. The maximum atomic E-state index is 11.2. The van der Waals surface area contributed by atoms with Crippen LogP contribution in [0.2, 0.25) is 0 Å². The van der Waals surface area contributed by atoms with Crippen LogP contribution >= 0.6 is 11.8 Å². The highest BCUT2D eigenvalue weighted by molar-refractivity contribution is 6.32. The minimum atomic E-state index is 0.00463. The summed E-state index contributed by atoms with van der Waals surface area (Å²) >= 11 is 5.21. The largest absolute Gasteiger partial charge is 0.293 e. The Morgan fingerprint density at radius 1 is 1.42 bits per heavy atom. The van der Waals surface area contributed by atoms with E-state index in [-0.39, 0.29) is 12.3 Å². The maximum absolute atomic E-state index is 11.2. The number of carbonyl (C=O) groups is 1. The molecular weight excluding hydrogens is 172 g/mol. The van der Waals surface area contributed by atoms with E-state index in [1.54, 1.807) is 12.1 Å². The minimum Gasteiger partial charge on any atom is -0.293 e. The van der Waals surface area contributed by atoms with Gasteiger partial charge in [-0.1, -0.05) is 29.7 Å². The fourth-order valence-corrected chi connectivity index (χ4v) is 1.02. The molecule has 4 heteroatoms. The third kappa shape index (κ3) is 2.36. The number of ketones is 1. The molecule has 1 rings (SSSR count). The topological polar surface area (TPSA) is 29.1 Å². The number of carbonyl (C=O) groups excluding carboxylic acids is 1. The molecule has 0 bridgehead atoms. The summed E-state index contributed by atoms with van der Waals surface area (Å²) in [5, 5.41) is 0. The second-order valence-electron chi connectivity index (χ2n) is 2.60. The Morgan fingerprint density at radius 2 is 2.00 bits per heavy atom. The number of halogens is 1. The van der Waals surface area contributed by atoms with E-state index in [2.05, 4.69) is 4.84 Å². The van der Waals surface area contributed by atoms with Crippen LogP contribution in [-0.4, -0.2) is 20.2 Å². The fraction of sp³-hybridized carbons (Fsp3) is 0.125. The van der Waals surface area contributed by atoms with E-state index in [9.17, 15) is 4.79 Å². The number of benzene rings is 1.